The highest BCUT2D eigenvalue weighted by atomic mass is 35.5. The molecule has 0 saturated carbocycles. The second-order valence-electron chi connectivity index (χ2n) is 9.97. The van der Waals surface area contributed by atoms with Gasteiger partial charge in [0.1, 0.15) is 13.2 Å². The first-order valence-electron chi connectivity index (χ1n) is 14.6. The van der Waals surface area contributed by atoms with Crippen LogP contribution in [0.4, 0.5) is 4.79 Å². The molecule has 0 radical (unpaired) electrons. The summed E-state index contributed by atoms with van der Waals surface area (Å²) in [7, 11) is 1.27. The van der Waals surface area contributed by atoms with Crippen LogP contribution in [0.25, 0.3) is 0 Å². The number of aliphatic hydroxyl groups is 1. The van der Waals surface area contributed by atoms with Crippen LogP contribution in [0.3, 0.4) is 0 Å². The van der Waals surface area contributed by atoms with Gasteiger partial charge in [0.15, 0.2) is 29.2 Å². The van der Waals surface area contributed by atoms with Gasteiger partial charge in [0, 0.05) is 10.7 Å². The van der Waals surface area contributed by atoms with E-state index in [0.29, 0.717) is 59.1 Å². The predicted octanol–water partition coefficient (Wildman–Crippen LogP) is 4.84. The van der Waals surface area contributed by atoms with Crippen LogP contribution in [-0.2, 0) is 16.1 Å². The maximum absolute atomic E-state index is 12.5. The highest BCUT2D eigenvalue weighted by Crippen LogP contribution is 2.35. The Balaban J connectivity index is 1.37. The number of carbonyl (C=O) groups is 2. The van der Waals surface area contributed by atoms with Crippen LogP contribution >= 0.6 is 11.6 Å². The fourth-order valence-corrected chi connectivity index (χ4v) is 4.68. The molecule has 0 aromatic heterocycles. The van der Waals surface area contributed by atoms with E-state index in [1.54, 1.807) is 37.3 Å². The van der Waals surface area contributed by atoms with Crippen LogP contribution in [0, 0.1) is 0 Å². The summed E-state index contributed by atoms with van der Waals surface area (Å²) in [6.45, 7) is 6.30. The molecule has 2 amide bonds. The molecule has 0 aliphatic carbocycles. The van der Waals surface area contributed by atoms with Gasteiger partial charge in [-0.25, -0.2) is 9.59 Å². The second-order valence-corrected chi connectivity index (χ2v) is 10.4. The van der Waals surface area contributed by atoms with Gasteiger partial charge in [-0.2, -0.15) is 5.10 Å². The maximum Gasteiger partial charge on any atom is 0.337 e. The van der Waals surface area contributed by atoms with Gasteiger partial charge in [0.25, 0.3) is 0 Å². The number of hydrogen-bond donors (Lipinski definition) is 4. The molecule has 2 atom stereocenters. The highest BCUT2D eigenvalue weighted by Gasteiger charge is 2.32. The fourth-order valence-electron chi connectivity index (χ4n) is 4.55. The number of hydrazone groups is 1. The molecule has 3 aromatic rings. The quantitative estimate of drug-likeness (QED) is 0.0783. The van der Waals surface area contributed by atoms with E-state index in [9.17, 15) is 14.7 Å². The number of halogens is 1. The van der Waals surface area contributed by atoms with E-state index < -0.39 is 24.3 Å². The number of benzene rings is 3. The van der Waals surface area contributed by atoms with E-state index in [0.717, 1.165) is 11.1 Å². The molecule has 0 spiro atoms. The lowest BCUT2D eigenvalue weighted by molar-refractivity contribution is -0.136. The Labute approximate surface area is 272 Å². The zero-order valence-corrected chi connectivity index (χ0v) is 26.7. The van der Waals surface area contributed by atoms with E-state index in [1.807, 2.05) is 44.2 Å². The topological polar surface area (TPSA) is 149 Å². The molecule has 12 nitrogen and oxygen atoms in total. The van der Waals surface area contributed by atoms with E-state index in [4.69, 9.17) is 35.3 Å². The molecule has 4 N–H and O–H groups in total. The number of ether oxygens (including phenoxy) is 5. The molecular formula is C33H37ClN4O8. The Hall–Kier alpha value is -4.94. The minimum atomic E-state index is -1.15. The number of nitrogens with zero attached hydrogens (tertiary/aromatic N) is 1. The third-order valence-electron chi connectivity index (χ3n) is 6.68. The summed E-state index contributed by atoms with van der Waals surface area (Å²) < 4.78 is 28.2. The van der Waals surface area contributed by atoms with Crippen LogP contribution in [0.15, 0.2) is 77.0 Å². The van der Waals surface area contributed by atoms with Gasteiger partial charge in [-0.1, -0.05) is 29.8 Å². The average molecular weight is 653 g/mol. The van der Waals surface area contributed by atoms with Crippen molar-refractivity contribution in [3.05, 3.63) is 93.6 Å². The first-order valence-corrected chi connectivity index (χ1v) is 15.0. The summed E-state index contributed by atoms with van der Waals surface area (Å²) in [6, 6.07) is 16.6. The molecule has 1 heterocycles. The van der Waals surface area contributed by atoms with Crippen molar-refractivity contribution in [2.75, 3.05) is 26.9 Å². The van der Waals surface area contributed by atoms with Crippen molar-refractivity contribution < 1.29 is 38.4 Å². The summed E-state index contributed by atoms with van der Waals surface area (Å²) in [5, 5.41) is 20.6. The molecule has 3 aromatic carbocycles. The Morgan fingerprint density at radius 3 is 2.35 bits per heavy atom. The van der Waals surface area contributed by atoms with Crippen LogP contribution < -0.4 is 35.0 Å². The average Bonchev–Trinajstić information content (AvgIpc) is 3.04. The molecule has 244 valence electrons. The lowest BCUT2D eigenvalue weighted by atomic mass is 9.95. The lowest BCUT2D eigenvalue weighted by Gasteiger charge is -2.28. The largest absolute Gasteiger partial charge is 0.490 e. The number of hydrogen-bond acceptors (Lipinski definition) is 10. The Morgan fingerprint density at radius 1 is 0.978 bits per heavy atom. The number of amides is 2. The molecular weight excluding hydrogens is 616 g/mol. The number of carbonyl (C=O) groups excluding carboxylic acids is 2. The summed E-state index contributed by atoms with van der Waals surface area (Å²) >= 11 is 5.96. The van der Waals surface area contributed by atoms with Gasteiger partial charge in [0.05, 0.1) is 38.2 Å². The lowest BCUT2D eigenvalue weighted by Crippen LogP contribution is -2.45. The van der Waals surface area contributed by atoms with Gasteiger partial charge in [-0.3, -0.25) is 5.43 Å². The zero-order valence-electron chi connectivity index (χ0n) is 26.0. The summed E-state index contributed by atoms with van der Waals surface area (Å²) in [4.78, 5) is 24.6. The predicted molar refractivity (Wildman–Crippen MR) is 172 cm³/mol. The maximum atomic E-state index is 12.5. The van der Waals surface area contributed by atoms with E-state index in [2.05, 4.69) is 21.2 Å². The first-order chi connectivity index (χ1) is 22.2. The zero-order chi connectivity index (χ0) is 33.1. The van der Waals surface area contributed by atoms with Crippen molar-refractivity contribution in [2.45, 2.75) is 39.6 Å². The standard InChI is InChI=1S/C33H37ClN4O8/c1-5-43-27-15-22(9-13-25(27)45-18-21-7-11-24(34)12-8-21)17-35-38-29(39)19-46-26-14-10-23(16-28(26)44-6-2)31-30(32(40)42-4)20(3)36-33(41)37-31/h7-17,29,31,38-39H,5-6,18-19H2,1-4H3,(H2,36,37,41)/b35-17-/t29-,31-/m0/s1. The van der Waals surface area contributed by atoms with Crippen molar-refractivity contribution in [1.29, 1.82) is 0 Å². The molecule has 0 unspecified atom stereocenters. The summed E-state index contributed by atoms with van der Waals surface area (Å²) in [5.74, 6) is 1.29. The van der Waals surface area contributed by atoms with Crippen molar-refractivity contribution >= 4 is 29.8 Å². The molecule has 0 saturated heterocycles. The molecule has 0 fully saturated rings. The van der Waals surface area contributed by atoms with Crippen LogP contribution in [0.5, 0.6) is 23.0 Å². The van der Waals surface area contributed by atoms with Crippen molar-refractivity contribution in [2.24, 2.45) is 5.10 Å². The molecule has 46 heavy (non-hydrogen) atoms. The minimum Gasteiger partial charge on any atom is -0.490 e. The Bertz CT molecular complexity index is 1580. The third-order valence-corrected chi connectivity index (χ3v) is 6.94. The number of methoxy groups -OCH3 is 1. The molecule has 13 heteroatoms. The van der Waals surface area contributed by atoms with Gasteiger partial charge < -0.3 is 39.4 Å². The number of rotatable bonds is 15. The van der Waals surface area contributed by atoms with E-state index in [1.165, 1.54) is 13.3 Å². The van der Waals surface area contributed by atoms with Crippen LogP contribution in [-0.4, -0.2) is 56.5 Å². The third kappa shape index (κ3) is 9.05. The Kier molecular flexibility index (Phi) is 12.1. The number of urea groups is 1. The second kappa shape index (κ2) is 16.4. The summed E-state index contributed by atoms with van der Waals surface area (Å²) in [6.07, 6.45) is 0.385. The van der Waals surface area contributed by atoms with Crippen molar-refractivity contribution in [3.63, 3.8) is 0 Å². The van der Waals surface area contributed by atoms with Crippen LogP contribution in [0.1, 0.15) is 43.5 Å². The highest BCUT2D eigenvalue weighted by molar-refractivity contribution is 6.30. The first kappa shape index (κ1) is 33.9. The summed E-state index contributed by atoms with van der Waals surface area (Å²) in [5.41, 5.74) is 5.56. The molecule has 4 rings (SSSR count). The normalized spacial score (nSPS) is 15.1. The monoisotopic (exact) mass is 652 g/mol. The number of nitrogens with one attached hydrogen (secondary N) is 3. The van der Waals surface area contributed by atoms with Crippen molar-refractivity contribution in [1.82, 2.24) is 16.1 Å². The van der Waals surface area contributed by atoms with E-state index in [-0.39, 0.29) is 12.2 Å². The van der Waals surface area contributed by atoms with Crippen LogP contribution in [0.2, 0.25) is 5.02 Å². The Morgan fingerprint density at radius 2 is 1.65 bits per heavy atom. The molecule has 1 aliphatic heterocycles. The van der Waals surface area contributed by atoms with Gasteiger partial charge in [-0.05, 0) is 79.9 Å². The minimum absolute atomic E-state index is 0.158. The van der Waals surface area contributed by atoms with Gasteiger partial charge in [-0.15, -0.1) is 0 Å². The van der Waals surface area contributed by atoms with Crippen molar-refractivity contribution in [3.8, 4) is 23.0 Å². The van der Waals surface area contributed by atoms with Gasteiger partial charge >= 0.3 is 12.0 Å². The molecule has 1 aliphatic rings. The van der Waals surface area contributed by atoms with E-state index >= 15 is 0 Å². The molecule has 0 bridgehead atoms. The number of aliphatic hydroxyl groups excluding tert-OH is 1. The fraction of sp³-hybridized carbons (Fsp3) is 0.303. The smallest absolute Gasteiger partial charge is 0.337 e. The SMILES string of the molecule is CCOc1cc(/C=N\N[C@@H](O)COc2ccc([C@@H]3NC(=O)NC(C)=C3C(=O)OC)cc2OCC)ccc1OCc1ccc(Cl)cc1. The number of allylic oxidation sites excluding steroid dienone is 1. The van der Waals surface area contributed by atoms with Gasteiger partial charge in [0.2, 0.25) is 0 Å². The number of esters is 1.